The van der Waals surface area contributed by atoms with E-state index in [4.69, 9.17) is 10.5 Å². The van der Waals surface area contributed by atoms with Crippen molar-refractivity contribution >= 4 is 33.2 Å². The van der Waals surface area contributed by atoms with Gasteiger partial charge in [-0.2, -0.15) is 0 Å². The number of nitrogens with zero attached hydrogens (tertiary/aromatic N) is 1. The van der Waals surface area contributed by atoms with Crippen molar-refractivity contribution in [3.8, 4) is 5.75 Å². The highest BCUT2D eigenvalue weighted by Crippen LogP contribution is 2.31. The van der Waals surface area contributed by atoms with Gasteiger partial charge < -0.3 is 15.8 Å². The SMILES string of the molecule is COc1ccc(S(=O)(=O)N(Cc2ccccc2)c2ccccc2C(=O)Nc2ccccc2C(N)=O)cc1. The fraction of sp³-hybridized carbons (Fsp3) is 0.0714. The molecule has 0 fully saturated rings. The second kappa shape index (κ2) is 11.0. The lowest BCUT2D eigenvalue weighted by Crippen LogP contribution is -2.32. The molecule has 4 aromatic carbocycles. The first kappa shape index (κ1) is 25.5. The van der Waals surface area contributed by atoms with E-state index in [1.54, 1.807) is 48.5 Å². The molecular weight excluding hydrogens is 490 g/mol. The number of benzene rings is 4. The molecule has 3 N–H and O–H groups in total. The van der Waals surface area contributed by atoms with Gasteiger partial charge in [-0.05, 0) is 54.1 Å². The number of amides is 2. The summed E-state index contributed by atoms with van der Waals surface area (Å²) in [6, 6.07) is 27.8. The highest BCUT2D eigenvalue weighted by Gasteiger charge is 2.29. The minimum atomic E-state index is -4.10. The fourth-order valence-corrected chi connectivity index (χ4v) is 5.28. The number of carbonyl (C=O) groups is 2. The third-order valence-corrected chi connectivity index (χ3v) is 7.45. The van der Waals surface area contributed by atoms with Crippen molar-refractivity contribution in [1.82, 2.24) is 0 Å². The zero-order valence-corrected chi connectivity index (χ0v) is 20.8. The van der Waals surface area contributed by atoms with Crippen LogP contribution in [0.4, 0.5) is 11.4 Å². The van der Waals surface area contributed by atoms with E-state index in [1.165, 1.54) is 35.7 Å². The minimum absolute atomic E-state index is 0.0165. The van der Waals surface area contributed by atoms with Gasteiger partial charge in [0.25, 0.3) is 21.8 Å². The van der Waals surface area contributed by atoms with Crippen molar-refractivity contribution in [1.29, 1.82) is 0 Å². The number of methoxy groups -OCH3 is 1. The van der Waals surface area contributed by atoms with Gasteiger partial charge in [-0.25, -0.2) is 8.42 Å². The first-order chi connectivity index (χ1) is 17.8. The van der Waals surface area contributed by atoms with Gasteiger partial charge in [-0.1, -0.05) is 54.6 Å². The lowest BCUT2D eigenvalue weighted by molar-refractivity contribution is 0.100. The summed E-state index contributed by atoms with van der Waals surface area (Å²) < 4.78 is 34.2. The first-order valence-corrected chi connectivity index (χ1v) is 12.7. The van der Waals surface area contributed by atoms with Gasteiger partial charge >= 0.3 is 0 Å². The molecule has 0 spiro atoms. The van der Waals surface area contributed by atoms with Crippen LogP contribution < -0.4 is 20.1 Å². The average molecular weight is 516 g/mol. The van der Waals surface area contributed by atoms with Crippen LogP contribution in [-0.2, 0) is 16.6 Å². The first-order valence-electron chi connectivity index (χ1n) is 11.3. The number of hydrogen-bond donors (Lipinski definition) is 2. The van der Waals surface area contributed by atoms with Crippen molar-refractivity contribution in [2.75, 3.05) is 16.7 Å². The Morgan fingerprint density at radius 1 is 0.811 bits per heavy atom. The Morgan fingerprint density at radius 2 is 1.41 bits per heavy atom. The highest BCUT2D eigenvalue weighted by atomic mass is 32.2. The van der Waals surface area contributed by atoms with E-state index in [0.29, 0.717) is 5.75 Å². The summed E-state index contributed by atoms with van der Waals surface area (Å²) in [7, 11) is -2.61. The normalized spacial score (nSPS) is 10.9. The summed E-state index contributed by atoms with van der Waals surface area (Å²) >= 11 is 0. The predicted molar refractivity (Wildman–Crippen MR) is 142 cm³/mol. The monoisotopic (exact) mass is 515 g/mol. The molecule has 37 heavy (non-hydrogen) atoms. The van der Waals surface area contributed by atoms with Gasteiger partial charge in [-0.3, -0.25) is 13.9 Å². The lowest BCUT2D eigenvalue weighted by atomic mass is 10.1. The van der Waals surface area contributed by atoms with Crippen molar-refractivity contribution in [2.24, 2.45) is 5.73 Å². The zero-order valence-electron chi connectivity index (χ0n) is 20.0. The smallest absolute Gasteiger partial charge is 0.264 e. The van der Waals surface area contributed by atoms with Crippen molar-refractivity contribution in [2.45, 2.75) is 11.4 Å². The van der Waals surface area contributed by atoms with E-state index in [9.17, 15) is 18.0 Å². The predicted octanol–water partition coefficient (Wildman–Crippen LogP) is 4.44. The second-order valence-electron chi connectivity index (χ2n) is 8.05. The Balaban J connectivity index is 1.79. The third-order valence-electron chi connectivity index (χ3n) is 5.67. The fourth-order valence-electron chi connectivity index (χ4n) is 3.80. The molecule has 0 atom stereocenters. The number of sulfonamides is 1. The Kier molecular flexibility index (Phi) is 7.55. The largest absolute Gasteiger partial charge is 0.497 e. The van der Waals surface area contributed by atoms with E-state index in [-0.39, 0.29) is 33.9 Å². The van der Waals surface area contributed by atoms with Crippen molar-refractivity contribution in [3.63, 3.8) is 0 Å². The molecule has 9 heteroatoms. The van der Waals surface area contributed by atoms with E-state index in [2.05, 4.69) is 5.32 Å². The lowest BCUT2D eigenvalue weighted by Gasteiger charge is -2.27. The molecule has 4 aromatic rings. The summed E-state index contributed by atoms with van der Waals surface area (Å²) in [6.45, 7) is -0.0165. The van der Waals surface area contributed by atoms with Crippen LogP contribution in [0.1, 0.15) is 26.3 Å². The van der Waals surface area contributed by atoms with Gasteiger partial charge in [0.2, 0.25) is 0 Å². The second-order valence-corrected chi connectivity index (χ2v) is 9.92. The van der Waals surface area contributed by atoms with Crippen LogP contribution in [0.5, 0.6) is 5.75 Å². The number of primary amides is 1. The summed E-state index contributed by atoms with van der Waals surface area (Å²) in [5.41, 5.74) is 6.83. The third kappa shape index (κ3) is 5.62. The summed E-state index contributed by atoms with van der Waals surface area (Å²) in [5, 5.41) is 2.70. The van der Waals surface area contributed by atoms with Gasteiger partial charge in [0.1, 0.15) is 5.75 Å². The molecule has 0 unspecified atom stereocenters. The molecule has 188 valence electrons. The number of nitrogens with two attached hydrogens (primary N) is 1. The van der Waals surface area contributed by atoms with Crippen molar-refractivity contribution in [3.05, 3.63) is 120 Å². The average Bonchev–Trinajstić information content (AvgIpc) is 2.92. The molecule has 0 bridgehead atoms. The van der Waals surface area contributed by atoms with Gasteiger partial charge in [0.05, 0.1) is 41.1 Å². The van der Waals surface area contributed by atoms with Crippen LogP contribution in [-0.4, -0.2) is 27.3 Å². The molecule has 8 nitrogen and oxygen atoms in total. The molecule has 0 saturated carbocycles. The number of anilines is 2. The zero-order chi connectivity index (χ0) is 26.4. The highest BCUT2D eigenvalue weighted by molar-refractivity contribution is 7.92. The molecule has 0 aromatic heterocycles. The van der Waals surface area contributed by atoms with Gasteiger partial charge in [-0.15, -0.1) is 0 Å². The maximum Gasteiger partial charge on any atom is 0.264 e. The number of para-hydroxylation sites is 2. The summed E-state index contributed by atoms with van der Waals surface area (Å²) in [4.78, 5) is 25.3. The van der Waals surface area contributed by atoms with Gasteiger partial charge in [0, 0.05) is 0 Å². The topological polar surface area (TPSA) is 119 Å². The molecule has 0 radical (unpaired) electrons. The van der Waals surface area contributed by atoms with Crippen LogP contribution in [0.15, 0.2) is 108 Å². The van der Waals surface area contributed by atoms with Crippen LogP contribution >= 0.6 is 0 Å². The van der Waals surface area contributed by atoms with Crippen LogP contribution in [0.25, 0.3) is 0 Å². The summed E-state index contributed by atoms with van der Waals surface area (Å²) in [6.07, 6.45) is 0. The molecule has 4 rings (SSSR count). The van der Waals surface area contributed by atoms with E-state index >= 15 is 0 Å². The molecule has 2 amide bonds. The van der Waals surface area contributed by atoms with E-state index < -0.39 is 21.8 Å². The van der Waals surface area contributed by atoms with Crippen LogP contribution in [0, 0.1) is 0 Å². The molecule has 0 aliphatic carbocycles. The van der Waals surface area contributed by atoms with Gasteiger partial charge in [0.15, 0.2) is 0 Å². The Morgan fingerprint density at radius 3 is 2.05 bits per heavy atom. The van der Waals surface area contributed by atoms with Crippen LogP contribution in [0.3, 0.4) is 0 Å². The molecular formula is C28H25N3O5S. The maximum absolute atomic E-state index is 13.9. The molecule has 0 saturated heterocycles. The molecule has 0 heterocycles. The van der Waals surface area contributed by atoms with E-state index in [1.807, 2.05) is 30.3 Å². The standard InChI is InChI=1S/C28H25N3O5S/c1-36-21-15-17-22(18-16-21)37(34,35)31(19-20-9-3-2-4-10-20)26-14-8-6-12-24(26)28(33)30-25-13-7-5-11-23(25)27(29)32/h2-18H,19H2,1H3,(H2,29,32)(H,30,33). The Hall–Kier alpha value is -4.63. The Labute approximate surface area is 215 Å². The maximum atomic E-state index is 13.9. The van der Waals surface area contributed by atoms with E-state index in [0.717, 1.165) is 5.56 Å². The number of nitrogens with one attached hydrogen (secondary N) is 1. The quantitative estimate of drug-likeness (QED) is 0.342. The Bertz CT molecular complexity index is 1520. The number of ether oxygens (including phenoxy) is 1. The summed E-state index contributed by atoms with van der Waals surface area (Å²) in [5.74, 6) is -0.772. The molecule has 0 aliphatic rings. The number of carbonyl (C=O) groups excluding carboxylic acids is 2. The number of hydrogen-bond acceptors (Lipinski definition) is 5. The van der Waals surface area contributed by atoms with Crippen LogP contribution in [0.2, 0.25) is 0 Å². The molecule has 0 aliphatic heterocycles. The minimum Gasteiger partial charge on any atom is -0.497 e. The van der Waals surface area contributed by atoms with Crippen molar-refractivity contribution < 1.29 is 22.7 Å². The number of rotatable bonds is 9.